The second-order valence-electron chi connectivity index (χ2n) is 7.98. The lowest BCUT2D eigenvalue weighted by Gasteiger charge is -2.30. The van der Waals surface area contributed by atoms with Crippen molar-refractivity contribution in [2.75, 3.05) is 19.1 Å². The molecule has 4 nitrogen and oxygen atoms in total. The molecule has 0 aliphatic rings. The van der Waals surface area contributed by atoms with Gasteiger partial charge in [0.1, 0.15) is 18.3 Å². The fourth-order valence-corrected chi connectivity index (χ4v) is 4.72. The lowest BCUT2D eigenvalue weighted by atomic mass is 10.1. The topological polar surface area (TPSA) is 47.9 Å². The third kappa shape index (κ3) is 9.84. The highest BCUT2D eigenvalue weighted by Crippen LogP contribution is 2.27. The Morgan fingerprint density at radius 3 is 1.66 bits per heavy atom. The van der Waals surface area contributed by atoms with Crippen molar-refractivity contribution in [1.82, 2.24) is 0 Å². The molecule has 35 heavy (non-hydrogen) atoms. The molecule has 0 saturated carbocycles. The Kier molecular flexibility index (Phi) is 12.5. The zero-order valence-electron chi connectivity index (χ0n) is 20.3. The quantitative estimate of drug-likeness (QED) is 0.259. The molecule has 3 aromatic carbocycles. The Bertz CT molecular complexity index is 977. The predicted octanol–water partition coefficient (Wildman–Crippen LogP) is 6.30. The van der Waals surface area contributed by atoms with E-state index in [-0.39, 0.29) is 6.61 Å². The van der Waals surface area contributed by atoms with Crippen LogP contribution in [0.15, 0.2) is 101 Å². The molecule has 0 aliphatic heterocycles. The van der Waals surface area contributed by atoms with Crippen molar-refractivity contribution in [1.29, 1.82) is 0 Å². The predicted molar refractivity (Wildman–Crippen MR) is 147 cm³/mol. The molecule has 0 spiro atoms. The van der Waals surface area contributed by atoms with Gasteiger partial charge in [0, 0.05) is 4.24 Å². The number of rotatable bonds is 15. The third-order valence-corrected chi connectivity index (χ3v) is 7.45. The van der Waals surface area contributed by atoms with E-state index in [1.165, 1.54) is 0 Å². The number of hydrogen-bond acceptors (Lipinski definition) is 6. The minimum absolute atomic E-state index is 0.140. The fourth-order valence-electron chi connectivity index (χ4n) is 3.52. The summed E-state index contributed by atoms with van der Waals surface area (Å²) in [6, 6.07) is 30.0. The Balaban J connectivity index is 1.76. The van der Waals surface area contributed by atoms with Crippen LogP contribution < -0.4 is 0 Å². The maximum Gasteiger partial charge on any atom is 0.116 e. The van der Waals surface area contributed by atoms with E-state index in [9.17, 15) is 5.11 Å². The van der Waals surface area contributed by atoms with Crippen molar-refractivity contribution in [3.05, 3.63) is 118 Å². The van der Waals surface area contributed by atoms with Crippen LogP contribution in [-0.2, 0) is 34.0 Å². The Hall–Kier alpha value is -2.06. The molecule has 186 valence electrons. The highest BCUT2D eigenvalue weighted by atomic mass is 32.2. The Labute approximate surface area is 217 Å². The standard InChI is InChI=1S/C29H34O4S2/c1-34-28(35-2)18-27(32-20-24-14-8-4-9-15-24)29(33-21-25-16-10-5-11-17-25)26(30)22-31-19-23-12-6-3-7-13-23/h3-18,26-27,29-30H,19-22H2,1-2H3/t26-,27-,29-/m1/s1. The molecule has 3 aromatic rings. The highest BCUT2D eigenvalue weighted by molar-refractivity contribution is 8.21. The SMILES string of the molecule is CSC(=C[C@@H](OCc1ccccc1)[C@H](OCc1ccccc1)[C@H](O)COCc1ccccc1)SC. The minimum atomic E-state index is -0.871. The van der Waals surface area contributed by atoms with Crippen LogP contribution in [0.1, 0.15) is 16.7 Å². The lowest BCUT2D eigenvalue weighted by Crippen LogP contribution is -2.42. The number of hydrogen-bond donors (Lipinski definition) is 1. The first-order valence-electron chi connectivity index (χ1n) is 11.6. The number of thioether (sulfide) groups is 2. The molecule has 0 aromatic heterocycles. The first kappa shape index (κ1) is 27.5. The van der Waals surface area contributed by atoms with Gasteiger partial charge < -0.3 is 19.3 Å². The summed E-state index contributed by atoms with van der Waals surface area (Å²) >= 11 is 3.31. The van der Waals surface area contributed by atoms with Crippen molar-refractivity contribution >= 4 is 23.5 Å². The van der Waals surface area contributed by atoms with Gasteiger partial charge in [-0.1, -0.05) is 91.0 Å². The molecular weight excluding hydrogens is 476 g/mol. The third-order valence-electron chi connectivity index (χ3n) is 5.38. The maximum atomic E-state index is 11.2. The summed E-state index contributed by atoms with van der Waals surface area (Å²) in [6.45, 7) is 1.35. The minimum Gasteiger partial charge on any atom is -0.388 e. The summed E-state index contributed by atoms with van der Waals surface area (Å²) < 4.78 is 19.6. The van der Waals surface area contributed by atoms with E-state index < -0.39 is 18.3 Å². The van der Waals surface area contributed by atoms with Crippen LogP contribution in [0.4, 0.5) is 0 Å². The molecule has 1 N–H and O–H groups in total. The van der Waals surface area contributed by atoms with Crippen LogP contribution >= 0.6 is 23.5 Å². The van der Waals surface area contributed by atoms with Crippen LogP contribution in [0.25, 0.3) is 0 Å². The van der Waals surface area contributed by atoms with Gasteiger partial charge in [0.05, 0.1) is 26.4 Å². The van der Waals surface area contributed by atoms with Gasteiger partial charge in [0.2, 0.25) is 0 Å². The smallest absolute Gasteiger partial charge is 0.116 e. The molecule has 0 fully saturated rings. The molecule has 0 radical (unpaired) electrons. The van der Waals surface area contributed by atoms with Crippen molar-refractivity contribution < 1.29 is 19.3 Å². The molecule has 6 heteroatoms. The molecule has 0 aliphatic carbocycles. The van der Waals surface area contributed by atoms with Crippen molar-refractivity contribution in [2.45, 2.75) is 38.1 Å². The average Bonchev–Trinajstić information content (AvgIpc) is 2.91. The summed E-state index contributed by atoms with van der Waals surface area (Å²) in [4.78, 5) is 0. The van der Waals surface area contributed by atoms with Gasteiger partial charge in [-0.25, -0.2) is 0 Å². The zero-order chi connectivity index (χ0) is 24.7. The van der Waals surface area contributed by atoms with Gasteiger partial charge >= 0.3 is 0 Å². The van der Waals surface area contributed by atoms with E-state index >= 15 is 0 Å². The van der Waals surface area contributed by atoms with E-state index in [0.717, 1.165) is 20.9 Å². The number of aliphatic hydroxyl groups excluding tert-OH is 1. The molecular formula is C29H34O4S2. The van der Waals surface area contributed by atoms with Crippen LogP contribution in [-0.4, -0.2) is 42.5 Å². The number of benzene rings is 3. The van der Waals surface area contributed by atoms with Crippen LogP contribution in [0.3, 0.4) is 0 Å². The Morgan fingerprint density at radius 1 is 0.714 bits per heavy atom. The van der Waals surface area contributed by atoms with Crippen molar-refractivity contribution in [3.8, 4) is 0 Å². The van der Waals surface area contributed by atoms with Gasteiger partial charge in [0.15, 0.2) is 0 Å². The largest absolute Gasteiger partial charge is 0.388 e. The lowest BCUT2D eigenvalue weighted by molar-refractivity contribution is -0.133. The van der Waals surface area contributed by atoms with E-state index in [0.29, 0.717) is 19.8 Å². The molecule has 0 saturated heterocycles. The summed E-state index contributed by atoms with van der Waals surface area (Å²) in [7, 11) is 0. The summed E-state index contributed by atoms with van der Waals surface area (Å²) in [5, 5.41) is 11.2. The molecule has 0 unspecified atom stereocenters. The normalized spacial score (nSPS) is 13.7. The van der Waals surface area contributed by atoms with E-state index in [2.05, 4.69) is 0 Å². The molecule has 3 atom stereocenters. The molecule has 3 rings (SSSR count). The van der Waals surface area contributed by atoms with Crippen molar-refractivity contribution in [2.24, 2.45) is 0 Å². The monoisotopic (exact) mass is 510 g/mol. The van der Waals surface area contributed by atoms with Gasteiger partial charge in [0.25, 0.3) is 0 Å². The molecule has 0 amide bonds. The van der Waals surface area contributed by atoms with E-state index in [4.69, 9.17) is 14.2 Å². The Morgan fingerprint density at radius 2 is 1.17 bits per heavy atom. The summed E-state index contributed by atoms with van der Waals surface area (Å²) in [5.74, 6) is 0. The highest BCUT2D eigenvalue weighted by Gasteiger charge is 2.30. The first-order chi connectivity index (χ1) is 17.2. The maximum absolute atomic E-state index is 11.2. The van der Waals surface area contributed by atoms with Crippen LogP contribution in [0, 0.1) is 0 Å². The van der Waals surface area contributed by atoms with Crippen LogP contribution in [0.2, 0.25) is 0 Å². The fraction of sp³-hybridized carbons (Fsp3) is 0.310. The van der Waals surface area contributed by atoms with Gasteiger partial charge in [-0.2, -0.15) is 0 Å². The second-order valence-corrected chi connectivity index (χ2v) is 9.94. The number of ether oxygens (including phenoxy) is 3. The average molecular weight is 511 g/mol. The molecule has 0 bridgehead atoms. The van der Waals surface area contributed by atoms with Gasteiger partial charge in [-0.3, -0.25) is 0 Å². The first-order valence-corrected chi connectivity index (χ1v) is 14.0. The molecule has 0 heterocycles. The van der Waals surface area contributed by atoms with Crippen molar-refractivity contribution in [3.63, 3.8) is 0 Å². The van der Waals surface area contributed by atoms with Gasteiger partial charge in [-0.05, 0) is 35.3 Å². The summed E-state index contributed by atoms with van der Waals surface area (Å²) in [6.07, 6.45) is 4.19. The van der Waals surface area contributed by atoms with E-state index in [1.54, 1.807) is 23.5 Å². The van der Waals surface area contributed by atoms with Gasteiger partial charge in [-0.15, -0.1) is 23.5 Å². The van der Waals surface area contributed by atoms with E-state index in [1.807, 2.05) is 110 Å². The second kappa shape index (κ2) is 15.8. The summed E-state index contributed by atoms with van der Waals surface area (Å²) in [5.41, 5.74) is 3.17. The zero-order valence-corrected chi connectivity index (χ0v) is 21.9. The number of aliphatic hydroxyl groups is 1. The van der Waals surface area contributed by atoms with Crippen LogP contribution in [0.5, 0.6) is 0 Å².